The zero-order valence-electron chi connectivity index (χ0n) is 35.4. The Balaban J connectivity index is 0.964. The molecule has 0 N–H and O–H groups in total. The number of rotatable bonds is 12. The molecule has 0 fully saturated rings. The van der Waals surface area contributed by atoms with Crippen LogP contribution in [0.1, 0.15) is 11.1 Å². The molecule has 0 aromatic heterocycles. The number of allylic oxidation sites excluding steroid dienone is 6. The molecule has 1 aliphatic rings. The van der Waals surface area contributed by atoms with E-state index in [-0.39, 0.29) is 5.57 Å². The van der Waals surface area contributed by atoms with E-state index in [1.54, 1.807) is 12.2 Å². The lowest BCUT2D eigenvalue weighted by Crippen LogP contribution is -2.11. The Morgan fingerprint density at radius 2 is 0.708 bits per heavy atom. The summed E-state index contributed by atoms with van der Waals surface area (Å²) in [5, 5.41) is 19.7. The van der Waals surface area contributed by atoms with Gasteiger partial charge in [0.1, 0.15) is 29.2 Å². The summed E-state index contributed by atoms with van der Waals surface area (Å²) in [6, 6.07) is 79.3. The van der Waals surface area contributed by atoms with Crippen LogP contribution in [0.5, 0.6) is 0 Å². The van der Waals surface area contributed by atoms with Crippen LogP contribution >= 0.6 is 0 Å². The molecule has 0 radical (unpaired) electrons. The molecule has 0 saturated carbocycles. The third-order valence-electron chi connectivity index (χ3n) is 11.0. The second-order valence-electron chi connectivity index (χ2n) is 15.2. The lowest BCUT2D eigenvalue weighted by atomic mass is 10.0. The summed E-state index contributed by atoms with van der Waals surface area (Å²) < 4.78 is 6.34. The van der Waals surface area contributed by atoms with E-state index >= 15 is 0 Å². The van der Waals surface area contributed by atoms with Crippen LogP contribution in [0.15, 0.2) is 265 Å². The van der Waals surface area contributed by atoms with E-state index < -0.39 is 0 Å². The summed E-state index contributed by atoms with van der Waals surface area (Å²) in [5.41, 5.74) is 13.2. The smallest absolute Gasteiger partial charge is 0.137 e. The van der Waals surface area contributed by atoms with Gasteiger partial charge in [0.05, 0.1) is 11.4 Å². The van der Waals surface area contributed by atoms with E-state index in [0.717, 1.165) is 67.5 Å². The normalized spacial score (nSPS) is 12.1. The molecule has 0 unspecified atom stereocenters. The van der Waals surface area contributed by atoms with E-state index in [2.05, 4.69) is 204 Å². The Morgan fingerprint density at radius 3 is 1.09 bits per heavy atom. The van der Waals surface area contributed by atoms with Crippen molar-refractivity contribution in [3.63, 3.8) is 0 Å². The summed E-state index contributed by atoms with van der Waals surface area (Å²) in [6.45, 7) is 0. The lowest BCUT2D eigenvalue weighted by Gasteiger charge is -2.28. The first kappa shape index (κ1) is 41.2. The van der Waals surface area contributed by atoms with Gasteiger partial charge in [-0.2, -0.15) is 10.5 Å². The molecule has 0 spiro atoms. The zero-order valence-corrected chi connectivity index (χ0v) is 35.4. The molecule has 0 bridgehead atoms. The molecular formula is C60H42N4O. The molecule has 0 aliphatic carbocycles. The van der Waals surface area contributed by atoms with E-state index in [1.807, 2.05) is 60.7 Å². The third kappa shape index (κ3) is 9.52. The largest absolute Gasteiger partial charge is 0.457 e. The molecule has 8 aromatic carbocycles. The summed E-state index contributed by atoms with van der Waals surface area (Å²) in [6.07, 6.45) is 11.1. The fourth-order valence-electron chi connectivity index (χ4n) is 7.90. The van der Waals surface area contributed by atoms with Crippen molar-refractivity contribution >= 4 is 46.3 Å². The highest BCUT2D eigenvalue weighted by atomic mass is 16.5. The van der Waals surface area contributed by atoms with Gasteiger partial charge in [0.2, 0.25) is 0 Å². The third-order valence-corrected chi connectivity index (χ3v) is 11.0. The van der Waals surface area contributed by atoms with Gasteiger partial charge in [-0.3, -0.25) is 0 Å². The summed E-state index contributed by atoms with van der Waals surface area (Å²) >= 11 is 0. The second kappa shape index (κ2) is 19.7. The van der Waals surface area contributed by atoms with Gasteiger partial charge in [-0.15, -0.1) is 0 Å². The average Bonchev–Trinajstić information content (AvgIpc) is 3.38. The van der Waals surface area contributed by atoms with Crippen LogP contribution in [0.25, 0.3) is 34.4 Å². The number of anilines is 6. The predicted molar refractivity (Wildman–Crippen MR) is 267 cm³/mol. The number of nitrogens with zero attached hydrogens (tertiary/aromatic N) is 4. The molecule has 9 rings (SSSR count). The Kier molecular flexibility index (Phi) is 12.5. The molecule has 0 atom stereocenters. The Morgan fingerprint density at radius 1 is 0.369 bits per heavy atom. The number of ether oxygens (including phenoxy) is 1. The van der Waals surface area contributed by atoms with E-state index in [0.29, 0.717) is 17.1 Å². The van der Waals surface area contributed by atoms with Crippen LogP contribution in [0.4, 0.5) is 34.1 Å². The summed E-state index contributed by atoms with van der Waals surface area (Å²) in [5.74, 6) is 1.01. The van der Waals surface area contributed by atoms with Crippen LogP contribution in [-0.4, -0.2) is 0 Å². The van der Waals surface area contributed by atoms with E-state index in [1.165, 1.54) is 0 Å². The molecular weight excluding hydrogens is 793 g/mol. The van der Waals surface area contributed by atoms with Gasteiger partial charge in [-0.1, -0.05) is 170 Å². The Labute approximate surface area is 380 Å². The highest BCUT2D eigenvalue weighted by molar-refractivity contribution is 5.89. The molecule has 5 nitrogen and oxygen atoms in total. The quantitative estimate of drug-likeness (QED) is 0.115. The van der Waals surface area contributed by atoms with Gasteiger partial charge in [0, 0.05) is 39.4 Å². The van der Waals surface area contributed by atoms with Gasteiger partial charge in [0.15, 0.2) is 0 Å². The van der Waals surface area contributed by atoms with Gasteiger partial charge >= 0.3 is 0 Å². The minimum Gasteiger partial charge on any atom is -0.457 e. The fourth-order valence-corrected chi connectivity index (χ4v) is 7.90. The highest BCUT2D eigenvalue weighted by Crippen LogP contribution is 2.42. The molecule has 5 heteroatoms. The maximum absolute atomic E-state index is 9.83. The van der Waals surface area contributed by atoms with Crippen molar-refractivity contribution in [2.24, 2.45) is 0 Å². The van der Waals surface area contributed by atoms with Gasteiger partial charge in [-0.25, -0.2) is 0 Å². The van der Waals surface area contributed by atoms with Gasteiger partial charge in [-0.05, 0) is 107 Å². The molecule has 0 amide bonds. The maximum atomic E-state index is 9.83. The molecule has 308 valence electrons. The average molecular weight is 835 g/mol. The van der Waals surface area contributed by atoms with Crippen LogP contribution in [0.3, 0.4) is 0 Å². The van der Waals surface area contributed by atoms with Crippen LogP contribution in [-0.2, 0) is 4.74 Å². The topological polar surface area (TPSA) is 63.3 Å². The van der Waals surface area contributed by atoms with Crippen molar-refractivity contribution in [2.75, 3.05) is 9.80 Å². The number of para-hydroxylation sites is 4. The number of hydrogen-bond donors (Lipinski definition) is 0. The standard InChI is InChI=1S/C60H42N4O/c61-43-50(44-62)49-41-55(39-33-45-29-35-53(36-30-45)63(51-21-9-3-10-22-51)59-27-15-13-25-57(59)47-17-5-1-6-18-47)65-56(42-49)40-34-46-31-37-54(38-32-46)64(52-23-11-4-12-24-52)60-28-16-14-26-58(60)48-19-7-2-8-20-48/h1-42H. The Bertz CT molecular complexity index is 2940. The minimum absolute atomic E-state index is 0.00683. The first-order chi connectivity index (χ1) is 32.1. The van der Waals surface area contributed by atoms with Crippen LogP contribution < -0.4 is 9.80 Å². The van der Waals surface area contributed by atoms with Crippen molar-refractivity contribution in [1.29, 1.82) is 10.5 Å². The maximum Gasteiger partial charge on any atom is 0.137 e. The van der Waals surface area contributed by atoms with Gasteiger partial charge < -0.3 is 14.5 Å². The number of hydrogen-bond acceptors (Lipinski definition) is 5. The number of nitriles is 2. The Hall–Kier alpha value is -9.16. The second-order valence-corrected chi connectivity index (χ2v) is 15.2. The van der Waals surface area contributed by atoms with Crippen molar-refractivity contribution in [3.8, 4) is 34.4 Å². The molecule has 8 aromatic rings. The lowest BCUT2D eigenvalue weighted by molar-refractivity contribution is 0.332. The van der Waals surface area contributed by atoms with Crippen molar-refractivity contribution < 1.29 is 4.74 Å². The molecule has 1 aliphatic heterocycles. The zero-order chi connectivity index (χ0) is 44.2. The van der Waals surface area contributed by atoms with Crippen molar-refractivity contribution in [3.05, 3.63) is 276 Å². The molecule has 0 saturated heterocycles. The summed E-state index contributed by atoms with van der Waals surface area (Å²) in [7, 11) is 0. The monoisotopic (exact) mass is 834 g/mol. The number of benzene rings is 8. The first-order valence-electron chi connectivity index (χ1n) is 21.4. The minimum atomic E-state index is 0.00683. The van der Waals surface area contributed by atoms with Crippen LogP contribution in [0.2, 0.25) is 0 Å². The van der Waals surface area contributed by atoms with E-state index in [4.69, 9.17) is 4.74 Å². The summed E-state index contributed by atoms with van der Waals surface area (Å²) in [4.78, 5) is 4.54. The van der Waals surface area contributed by atoms with Crippen molar-refractivity contribution in [2.45, 2.75) is 0 Å². The van der Waals surface area contributed by atoms with Crippen molar-refractivity contribution in [1.82, 2.24) is 0 Å². The first-order valence-corrected chi connectivity index (χ1v) is 21.4. The predicted octanol–water partition coefficient (Wildman–Crippen LogP) is 15.8. The SMILES string of the molecule is N#CC(C#N)=C1C=C(C=Cc2ccc(N(c3ccccc3)c3ccccc3-c3ccccc3)cc2)OC(C=Cc2ccc(N(c3ccccc3)c3ccccc3-c3ccccc3)cc2)=C1. The highest BCUT2D eigenvalue weighted by Gasteiger charge is 2.19. The van der Waals surface area contributed by atoms with Gasteiger partial charge in [0.25, 0.3) is 0 Å². The molecule has 1 heterocycles. The van der Waals surface area contributed by atoms with E-state index in [9.17, 15) is 10.5 Å². The molecule has 65 heavy (non-hydrogen) atoms. The van der Waals surface area contributed by atoms with Crippen LogP contribution in [0, 0.1) is 22.7 Å². The fraction of sp³-hybridized carbons (Fsp3) is 0.